The SMILES string of the molecule is CC(C)COC(=O)Nc1cccc(NC(=O)Cn2cc(Br)ccc2=O)c1. The molecule has 0 saturated heterocycles. The highest BCUT2D eigenvalue weighted by atomic mass is 79.9. The van der Waals surface area contributed by atoms with Crippen LogP contribution in [0.5, 0.6) is 0 Å². The minimum atomic E-state index is -0.553. The van der Waals surface area contributed by atoms with Crippen LogP contribution in [0.4, 0.5) is 16.2 Å². The van der Waals surface area contributed by atoms with E-state index < -0.39 is 6.09 Å². The van der Waals surface area contributed by atoms with E-state index in [9.17, 15) is 14.4 Å². The third kappa shape index (κ3) is 6.36. The van der Waals surface area contributed by atoms with Gasteiger partial charge in [-0.1, -0.05) is 19.9 Å². The quantitative estimate of drug-likeness (QED) is 0.747. The molecule has 8 heteroatoms. The Morgan fingerprint density at radius 1 is 1.15 bits per heavy atom. The van der Waals surface area contributed by atoms with E-state index in [0.717, 1.165) is 0 Å². The van der Waals surface area contributed by atoms with Gasteiger partial charge in [0, 0.05) is 28.1 Å². The molecule has 138 valence electrons. The molecule has 1 aromatic heterocycles. The van der Waals surface area contributed by atoms with Gasteiger partial charge in [-0.3, -0.25) is 14.9 Å². The number of amides is 2. The van der Waals surface area contributed by atoms with Crippen LogP contribution in [0.15, 0.2) is 51.9 Å². The second-order valence-corrected chi connectivity index (χ2v) is 6.98. The summed E-state index contributed by atoms with van der Waals surface area (Å²) in [5.74, 6) is -0.113. The van der Waals surface area contributed by atoms with Crippen LogP contribution in [0.2, 0.25) is 0 Å². The normalized spacial score (nSPS) is 10.5. The highest BCUT2D eigenvalue weighted by Gasteiger charge is 2.08. The first-order valence-electron chi connectivity index (χ1n) is 8.03. The first-order chi connectivity index (χ1) is 12.3. The molecule has 0 bridgehead atoms. The first kappa shape index (κ1) is 19.7. The fourth-order valence-corrected chi connectivity index (χ4v) is 2.43. The number of hydrogen-bond acceptors (Lipinski definition) is 4. The number of aromatic nitrogens is 1. The number of halogens is 1. The molecule has 0 unspecified atom stereocenters. The van der Waals surface area contributed by atoms with Crippen molar-refractivity contribution < 1.29 is 14.3 Å². The van der Waals surface area contributed by atoms with Crippen molar-refractivity contribution in [3.8, 4) is 0 Å². The van der Waals surface area contributed by atoms with Crippen LogP contribution in [0.25, 0.3) is 0 Å². The van der Waals surface area contributed by atoms with Crippen LogP contribution < -0.4 is 16.2 Å². The number of rotatable bonds is 6. The van der Waals surface area contributed by atoms with Crippen molar-refractivity contribution in [3.63, 3.8) is 0 Å². The van der Waals surface area contributed by atoms with Crippen LogP contribution >= 0.6 is 15.9 Å². The van der Waals surface area contributed by atoms with Gasteiger partial charge in [-0.2, -0.15) is 0 Å². The predicted molar refractivity (Wildman–Crippen MR) is 103 cm³/mol. The zero-order chi connectivity index (χ0) is 19.1. The Bertz CT molecular complexity index is 848. The van der Waals surface area contributed by atoms with E-state index in [1.54, 1.807) is 36.5 Å². The third-order valence-electron chi connectivity index (χ3n) is 3.20. The highest BCUT2D eigenvalue weighted by Crippen LogP contribution is 2.15. The summed E-state index contributed by atoms with van der Waals surface area (Å²) >= 11 is 3.26. The first-order valence-corrected chi connectivity index (χ1v) is 8.82. The molecule has 2 N–H and O–H groups in total. The van der Waals surface area contributed by atoms with Gasteiger partial charge in [-0.05, 0) is 46.1 Å². The third-order valence-corrected chi connectivity index (χ3v) is 3.67. The lowest BCUT2D eigenvalue weighted by atomic mass is 10.2. The number of hydrogen-bond donors (Lipinski definition) is 2. The molecule has 0 aliphatic rings. The topological polar surface area (TPSA) is 89.4 Å². The molecule has 1 heterocycles. The summed E-state index contributed by atoms with van der Waals surface area (Å²) < 4.78 is 7.05. The van der Waals surface area contributed by atoms with Crippen LogP contribution in [-0.2, 0) is 16.1 Å². The van der Waals surface area contributed by atoms with Crippen molar-refractivity contribution >= 4 is 39.3 Å². The number of benzene rings is 1. The summed E-state index contributed by atoms with van der Waals surface area (Å²) in [6.07, 6.45) is 0.993. The predicted octanol–water partition coefficient (Wildman–Crippen LogP) is 3.45. The molecule has 26 heavy (non-hydrogen) atoms. The van der Waals surface area contributed by atoms with E-state index >= 15 is 0 Å². The van der Waals surface area contributed by atoms with Crippen LogP contribution in [0.3, 0.4) is 0 Å². The van der Waals surface area contributed by atoms with Crippen LogP contribution in [0, 0.1) is 5.92 Å². The highest BCUT2D eigenvalue weighted by molar-refractivity contribution is 9.10. The molecule has 0 radical (unpaired) electrons. The van der Waals surface area contributed by atoms with Gasteiger partial charge in [0.25, 0.3) is 5.56 Å². The van der Waals surface area contributed by atoms with Gasteiger partial charge >= 0.3 is 6.09 Å². The minimum Gasteiger partial charge on any atom is -0.449 e. The van der Waals surface area contributed by atoms with Gasteiger partial charge in [0.05, 0.1) is 6.61 Å². The summed E-state index contributed by atoms with van der Waals surface area (Å²) in [4.78, 5) is 35.6. The summed E-state index contributed by atoms with van der Waals surface area (Å²) in [7, 11) is 0. The van der Waals surface area contributed by atoms with Crippen molar-refractivity contribution in [2.45, 2.75) is 20.4 Å². The van der Waals surface area contributed by atoms with Crippen molar-refractivity contribution in [2.24, 2.45) is 5.92 Å². The lowest BCUT2D eigenvalue weighted by Crippen LogP contribution is -2.26. The number of nitrogens with zero attached hydrogens (tertiary/aromatic N) is 1. The molecular formula is C18H20BrN3O4. The summed E-state index contributed by atoms with van der Waals surface area (Å²) in [5.41, 5.74) is 0.725. The monoisotopic (exact) mass is 421 g/mol. The van der Waals surface area contributed by atoms with Gasteiger partial charge in [0.2, 0.25) is 5.91 Å². The van der Waals surface area contributed by atoms with Crippen molar-refractivity contribution in [3.05, 3.63) is 57.4 Å². The van der Waals surface area contributed by atoms with Crippen molar-refractivity contribution in [1.29, 1.82) is 0 Å². The number of anilines is 2. The van der Waals surface area contributed by atoms with E-state index in [-0.39, 0.29) is 23.9 Å². The summed E-state index contributed by atoms with van der Waals surface area (Å²) in [6, 6.07) is 9.67. The molecule has 0 aliphatic heterocycles. The van der Waals surface area contributed by atoms with Crippen LogP contribution in [0.1, 0.15) is 13.8 Å². The van der Waals surface area contributed by atoms with E-state index in [2.05, 4.69) is 26.6 Å². The standard InChI is InChI=1S/C18H20BrN3O4/c1-12(2)11-26-18(25)21-15-5-3-4-14(8-15)20-16(23)10-22-9-13(19)6-7-17(22)24/h3-9,12H,10-11H2,1-2H3,(H,20,23)(H,21,25). The number of nitrogens with one attached hydrogen (secondary N) is 2. The van der Waals surface area contributed by atoms with Crippen molar-refractivity contribution in [2.75, 3.05) is 17.2 Å². The average molecular weight is 422 g/mol. The molecular weight excluding hydrogens is 402 g/mol. The largest absolute Gasteiger partial charge is 0.449 e. The molecule has 0 spiro atoms. The number of pyridine rings is 1. The summed E-state index contributed by atoms with van der Waals surface area (Å²) in [6.45, 7) is 4.09. The zero-order valence-electron chi connectivity index (χ0n) is 14.5. The molecule has 0 atom stereocenters. The van der Waals surface area contributed by atoms with E-state index in [4.69, 9.17) is 4.74 Å². The second kappa shape index (κ2) is 9.19. The summed E-state index contributed by atoms with van der Waals surface area (Å²) in [5, 5.41) is 5.30. The Labute approximate surface area is 159 Å². The fraction of sp³-hybridized carbons (Fsp3) is 0.278. The molecule has 0 fully saturated rings. The minimum absolute atomic E-state index is 0.119. The van der Waals surface area contributed by atoms with E-state index in [1.165, 1.54) is 10.6 Å². The van der Waals surface area contributed by atoms with E-state index in [0.29, 0.717) is 22.5 Å². The zero-order valence-corrected chi connectivity index (χ0v) is 16.1. The molecule has 2 amide bonds. The number of carbonyl (C=O) groups excluding carboxylic acids is 2. The number of ether oxygens (including phenoxy) is 1. The Morgan fingerprint density at radius 2 is 1.85 bits per heavy atom. The maximum atomic E-state index is 12.2. The van der Waals surface area contributed by atoms with Gasteiger partial charge in [0.1, 0.15) is 6.54 Å². The van der Waals surface area contributed by atoms with Gasteiger partial charge < -0.3 is 14.6 Å². The lowest BCUT2D eigenvalue weighted by molar-refractivity contribution is -0.116. The molecule has 0 saturated carbocycles. The smallest absolute Gasteiger partial charge is 0.411 e. The molecule has 2 aromatic rings. The lowest BCUT2D eigenvalue weighted by Gasteiger charge is -2.11. The fourth-order valence-electron chi connectivity index (χ4n) is 2.05. The maximum absolute atomic E-state index is 12.2. The van der Waals surface area contributed by atoms with Gasteiger partial charge in [0.15, 0.2) is 0 Å². The molecule has 7 nitrogen and oxygen atoms in total. The van der Waals surface area contributed by atoms with Gasteiger partial charge in [-0.15, -0.1) is 0 Å². The Balaban J connectivity index is 1.97. The van der Waals surface area contributed by atoms with Crippen molar-refractivity contribution in [1.82, 2.24) is 4.57 Å². The number of carbonyl (C=O) groups is 2. The average Bonchev–Trinajstić information content (AvgIpc) is 2.56. The van der Waals surface area contributed by atoms with Gasteiger partial charge in [-0.25, -0.2) is 4.79 Å². The Morgan fingerprint density at radius 3 is 2.54 bits per heavy atom. The molecule has 0 aliphatic carbocycles. The Kier molecular flexibility index (Phi) is 6.97. The second-order valence-electron chi connectivity index (χ2n) is 6.06. The maximum Gasteiger partial charge on any atom is 0.411 e. The molecule has 2 rings (SSSR count). The molecule has 1 aromatic carbocycles. The van der Waals surface area contributed by atoms with E-state index in [1.807, 2.05) is 13.8 Å². The van der Waals surface area contributed by atoms with Crippen LogP contribution in [-0.4, -0.2) is 23.2 Å². The Hall–Kier alpha value is -2.61.